The van der Waals surface area contributed by atoms with Gasteiger partial charge >= 0.3 is 0 Å². The molecule has 23 heavy (non-hydrogen) atoms. The van der Waals surface area contributed by atoms with Crippen molar-refractivity contribution in [1.82, 2.24) is 4.90 Å². The minimum Gasteiger partial charge on any atom is -0.298 e. The van der Waals surface area contributed by atoms with E-state index in [1.165, 1.54) is 43.5 Å². The van der Waals surface area contributed by atoms with Crippen LogP contribution in [0.5, 0.6) is 0 Å². The Morgan fingerprint density at radius 1 is 0.870 bits per heavy atom. The van der Waals surface area contributed by atoms with Gasteiger partial charge in [0, 0.05) is 19.6 Å². The van der Waals surface area contributed by atoms with E-state index in [1.807, 2.05) is 0 Å². The number of fused-ring (bicyclic) bond motifs is 1. The summed E-state index contributed by atoms with van der Waals surface area (Å²) in [6, 6.07) is 22.0. The molecule has 2 aliphatic rings. The zero-order valence-corrected chi connectivity index (χ0v) is 13.7. The molecule has 0 unspecified atom stereocenters. The van der Waals surface area contributed by atoms with Gasteiger partial charge in [-0.2, -0.15) is 0 Å². The molecule has 118 valence electrons. The van der Waals surface area contributed by atoms with E-state index in [-0.39, 0.29) is 0 Å². The van der Waals surface area contributed by atoms with Gasteiger partial charge in [-0.25, -0.2) is 0 Å². The molecule has 1 aliphatic carbocycles. The summed E-state index contributed by atoms with van der Waals surface area (Å²) in [5.41, 5.74) is 3.37. The Morgan fingerprint density at radius 2 is 1.57 bits per heavy atom. The van der Waals surface area contributed by atoms with Crippen LogP contribution >= 0.6 is 0 Å². The fourth-order valence-electron chi connectivity index (χ4n) is 4.52. The molecule has 0 aromatic heterocycles. The molecule has 1 nitrogen and oxygen atoms in total. The van der Waals surface area contributed by atoms with Gasteiger partial charge in [0.25, 0.3) is 0 Å². The number of benzene rings is 2. The summed E-state index contributed by atoms with van der Waals surface area (Å²) in [6.07, 6.45) is 8.52. The van der Waals surface area contributed by atoms with E-state index in [9.17, 15) is 0 Å². The Labute approximate surface area is 139 Å². The van der Waals surface area contributed by atoms with Gasteiger partial charge in [0.2, 0.25) is 0 Å². The Bertz CT molecular complexity index is 661. The minimum atomic E-state index is 0.435. The number of allylic oxidation sites excluding steroid dienone is 2. The molecule has 1 heterocycles. The van der Waals surface area contributed by atoms with E-state index >= 15 is 0 Å². The lowest BCUT2D eigenvalue weighted by atomic mass is 9.67. The second kappa shape index (κ2) is 6.33. The molecule has 0 bridgehead atoms. The summed E-state index contributed by atoms with van der Waals surface area (Å²) < 4.78 is 0. The van der Waals surface area contributed by atoms with Crippen molar-refractivity contribution < 1.29 is 0 Å². The SMILES string of the molecule is C1=CC[C@@]2(Cc3ccccc3)CN(Cc3ccccc3)C[C@H]2C1. The maximum atomic E-state index is 2.68. The van der Waals surface area contributed by atoms with Crippen LogP contribution in [0.25, 0.3) is 0 Å². The van der Waals surface area contributed by atoms with Gasteiger partial charge in [-0.05, 0) is 41.7 Å². The fraction of sp³-hybridized carbons (Fsp3) is 0.364. The van der Waals surface area contributed by atoms with Gasteiger partial charge in [0.15, 0.2) is 0 Å². The first-order valence-corrected chi connectivity index (χ1v) is 8.79. The highest BCUT2D eigenvalue weighted by atomic mass is 15.2. The summed E-state index contributed by atoms with van der Waals surface area (Å²) in [5.74, 6) is 0.802. The van der Waals surface area contributed by atoms with Crippen LogP contribution in [-0.2, 0) is 13.0 Å². The second-order valence-electron chi connectivity index (χ2n) is 7.29. The third-order valence-corrected chi connectivity index (χ3v) is 5.64. The van der Waals surface area contributed by atoms with Gasteiger partial charge in [-0.1, -0.05) is 72.8 Å². The summed E-state index contributed by atoms with van der Waals surface area (Å²) in [6.45, 7) is 3.56. The van der Waals surface area contributed by atoms with Crippen molar-refractivity contribution in [3.63, 3.8) is 0 Å². The Kier molecular flexibility index (Phi) is 4.05. The first kappa shape index (κ1) is 14.7. The van der Waals surface area contributed by atoms with E-state index in [0.717, 1.165) is 12.5 Å². The average molecular weight is 303 g/mol. The molecule has 1 aliphatic heterocycles. The van der Waals surface area contributed by atoms with E-state index < -0.39 is 0 Å². The van der Waals surface area contributed by atoms with Crippen LogP contribution in [0.3, 0.4) is 0 Å². The van der Waals surface area contributed by atoms with Gasteiger partial charge < -0.3 is 0 Å². The zero-order chi connectivity index (χ0) is 15.5. The lowest BCUT2D eigenvalue weighted by Crippen LogP contribution is -2.34. The maximum Gasteiger partial charge on any atom is 0.0234 e. The average Bonchev–Trinajstić information content (AvgIpc) is 2.94. The molecular weight excluding hydrogens is 278 g/mol. The van der Waals surface area contributed by atoms with Crippen LogP contribution in [0.2, 0.25) is 0 Å². The molecule has 0 radical (unpaired) electrons. The predicted octanol–water partition coefficient (Wildman–Crippen LogP) is 4.70. The number of nitrogens with zero attached hydrogens (tertiary/aromatic N) is 1. The molecule has 0 N–H and O–H groups in total. The van der Waals surface area contributed by atoms with Crippen molar-refractivity contribution in [3.05, 3.63) is 83.9 Å². The molecule has 2 aromatic rings. The molecule has 2 atom stereocenters. The van der Waals surface area contributed by atoms with Gasteiger partial charge in [0.1, 0.15) is 0 Å². The molecule has 1 saturated heterocycles. The Balaban J connectivity index is 1.53. The third-order valence-electron chi connectivity index (χ3n) is 5.64. The van der Waals surface area contributed by atoms with Crippen LogP contribution in [0.4, 0.5) is 0 Å². The van der Waals surface area contributed by atoms with Crippen molar-refractivity contribution in [2.45, 2.75) is 25.8 Å². The molecule has 2 aromatic carbocycles. The zero-order valence-electron chi connectivity index (χ0n) is 13.7. The monoisotopic (exact) mass is 303 g/mol. The van der Waals surface area contributed by atoms with Crippen LogP contribution < -0.4 is 0 Å². The lowest BCUT2D eigenvalue weighted by molar-refractivity contribution is 0.204. The first-order chi connectivity index (χ1) is 11.3. The largest absolute Gasteiger partial charge is 0.298 e. The van der Waals surface area contributed by atoms with Crippen molar-refractivity contribution in [3.8, 4) is 0 Å². The number of hydrogen-bond donors (Lipinski definition) is 0. The van der Waals surface area contributed by atoms with Crippen LogP contribution in [0.1, 0.15) is 24.0 Å². The summed E-state index contributed by atoms with van der Waals surface area (Å²) in [4.78, 5) is 2.68. The van der Waals surface area contributed by atoms with E-state index in [1.54, 1.807) is 0 Å². The first-order valence-electron chi connectivity index (χ1n) is 8.79. The van der Waals surface area contributed by atoms with Crippen LogP contribution in [-0.4, -0.2) is 18.0 Å². The Morgan fingerprint density at radius 3 is 2.30 bits per heavy atom. The molecule has 0 amide bonds. The Hall–Kier alpha value is -1.86. The summed E-state index contributed by atoms with van der Waals surface area (Å²) in [7, 11) is 0. The van der Waals surface area contributed by atoms with Crippen LogP contribution in [0, 0.1) is 11.3 Å². The van der Waals surface area contributed by atoms with Crippen molar-refractivity contribution in [2.75, 3.05) is 13.1 Å². The van der Waals surface area contributed by atoms with Gasteiger partial charge in [-0.3, -0.25) is 4.90 Å². The van der Waals surface area contributed by atoms with E-state index in [2.05, 4.69) is 77.7 Å². The lowest BCUT2D eigenvalue weighted by Gasteiger charge is -2.36. The number of hydrogen-bond acceptors (Lipinski definition) is 1. The smallest absolute Gasteiger partial charge is 0.0234 e. The number of rotatable bonds is 4. The quantitative estimate of drug-likeness (QED) is 0.740. The normalized spacial score (nSPS) is 27.0. The van der Waals surface area contributed by atoms with Gasteiger partial charge in [-0.15, -0.1) is 0 Å². The van der Waals surface area contributed by atoms with Crippen molar-refractivity contribution in [1.29, 1.82) is 0 Å². The van der Waals surface area contributed by atoms with E-state index in [0.29, 0.717) is 5.41 Å². The standard InChI is InChI=1S/C22H25N/c1-3-9-19(10-4-1)15-22-14-8-7-13-21(22)17-23(18-22)16-20-11-5-2-6-12-20/h1-12,21H,13-18H2/t21-,22-/m1/s1. The molecule has 4 rings (SSSR count). The van der Waals surface area contributed by atoms with Crippen LogP contribution in [0.15, 0.2) is 72.8 Å². The van der Waals surface area contributed by atoms with Crippen molar-refractivity contribution >= 4 is 0 Å². The second-order valence-corrected chi connectivity index (χ2v) is 7.29. The van der Waals surface area contributed by atoms with Crippen molar-refractivity contribution in [2.24, 2.45) is 11.3 Å². The maximum absolute atomic E-state index is 2.68. The molecule has 1 fully saturated rings. The topological polar surface area (TPSA) is 3.24 Å². The highest BCUT2D eigenvalue weighted by Gasteiger charge is 2.45. The fourth-order valence-corrected chi connectivity index (χ4v) is 4.52. The molecule has 0 saturated carbocycles. The summed E-state index contributed by atoms with van der Waals surface area (Å²) >= 11 is 0. The van der Waals surface area contributed by atoms with Gasteiger partial charge in [0.05, 0.1) is 0 Å². The highest BCUT2D eigenvalue weighted by molar-refractivity contribution is 5.21. The summed E-state index contributed by atoms with van der Waals surface area (Å²) in [5, 5.41) is 0. The molecule has 0 spiro atoms. The highest BCUT2D eigenvalue weighted by Crippen LogP contribution is 2.46. The molecular formula is C22H25N. The predicted molar refractivity (Wildman–Crippen MR) is 96.2 cm³/mol. The third kappa shape index (κ3) is 3.11. The molecule has 1 heteroatoms. The van der Waals surface area contributed by atoms with E-state index in [4.69, 9.17) is 0 Å². The minimum absolute atomic E-state index is 0.435. The number of likely N-dealkylation sites (tertiary alicyclic amines) is 1.